The quantitative estimate of drug-likeness (QED) is 0.115. The number of nitrogens with one attached hydrogen (secondary N) is 1. The normalized spacial score (nSPS) is 12.5. The molecule has 0 spiro atoms. The van der Waals surface area contributed by atoms with Crippen molar-refractivity contribution >= 4 is 7.75 Å². The Labute approximate surface area is 168 Å². The van der Waals surface area contributed by atoms with Gasteiger partial charge in [-0.1, -0.05) is 96.6 Å². The SMILES string of the molecule is CCC(CC)CCCCCCC/C=C\CCCCCCCCNP(=O)(O)O. The molecule has 5 heteroatoms. The minimum atomic E-state index is -4.02. The van der Waals surface area contributed by atoms with Crippen molar-refractivity contribution in [3.8, 4) is 0 Å². The number of hydrogen-bond acceptors (Lipinski definition) is 1. The highest BCUT2D eigenvalue weighted by Crippen LogP contribution is 2.27. The lowest BCUT2D eigenvalue weighted by atomic mass is 9.96. The van der Waals surface area contributed by atoms with E-state index in [0.29, 0.717) is 6.54 Å². The van der Waals surface area contributed by atoms with Gasteiger partial charge in [0, 0.05) is 6.54 Å². The maximum Gasteiger partial charge on any atom is 0.400 e. The van der Waals surface area contributed by atoms with E-state index in [0.717, 1.165) is 25.2 Å². The van der Waals surface area contributed by atoms with E-state index in [1.807, 2.05) is 0 Å². The summed E-state index contributed by atoms with van der Waals surface area (Å²) in [7, 11) is -4.02. The molecule has 0 unspecified atom stereocenters. The van der Waals surface area contributed by atoms with Gasteiger partial charge in [0.2, 0.25) is 0 Å². The molecule has 0 aliphatic rings. The van der Waals surface area contributed by atoms with E-state index in [2.05, 4.69) is 31.1 Å². The van der Waals surface area contributed by atoms with E-state index in [-0.39, 0.29) is 0 Å². The molecule has 4 nitrogen and oxygen atoms in total. The first kappa shape index (κ1) is 26.9. The Morgan fingerprint density at radius 3 is 1.67 bits per heavy atom. The lowest BCUT2D eigenvalue weighted by molar-refractivity contribution is 0.356. The fraction of sp³-hybridized carbons (Fsp3) is 0.909. The number of hydrogen-bond donors (Lipinski definition) is 3. The number of rotatable bonds is 20. The molecule has 0 saturated heterocycles. The molecule has 0 aliphatic heterocycles. The molecule has 0 rings (SSSR count). The van der Waals surface area contributed by atoms with E-state index >= 15 is 0 Å². The molecule has 0 bridgehead atoms. The monoisotopic (exact) mass is 403 g/mol. The molecule has 3 N–H and O–H groups in total. The molecular weight excluding hydrogens is 357 g/mol. The van der Waals surface area contributed by atoms with Crippen molar-refractivity contribution in [3.63, 3.8) is 0 Å². The molecule has 0 aromatic heterocycles. The van der Waals surface area contributed by atoms with Gasteiger partial charge in [0.25, 0.3) is 0 Å². The zero-order valence-electron chi connectivity index (χ0n) is 18.0. The van der Waals surface area contributed by atoms with Crippen LogP contribution in [0.3, 0.4) is 0 Å². The van der Waals surface area contributed by atoms with Crippen LogP contribution in [0.5, 0.6) is 0 Å². The molecule has 0 aromatic carbocycles. The second-order valence-electron chi connectivity index (χ2n) is 7.86. The molecule has 0 heterocycles. The fourth-order valence-corrected chi connectivity index (χ4v) is 3.93. The first-order chi connectivity index (χ1) is 13.0. The van der Waals surface area contributed by atoms with E-state index in [1.165, 1.54) is 83.5 Å². The second-order valence-corrected chi connectivity index (χ2v) is 9.27. The Hall–Kier alpha value is -0.150. The molecule has 0 atom stereocenters. The van der Waals surface area contributed by atoms with E-state index in [4.69, 9.17) is 9.79 Å². The summed E-state index contributed by atoms with van der Waals surface area (Å²) in [5, 5.41) is 2.24. The maximum atomic E-state index is 10.6. The summed E-state index contributed by atoms with van der Waals surface area (Å²) in [6, 6.07) is 0. The minimum Gasteiger partial charge on any atom is -0.313 e. The molecule has 27 heavy (non-hydrogen) atoms. The van der Waals surface area contributed by atoms with Gasteiger partial charge in [-0.2, -0.15) is 0 Å². The highest BCUT2D eigenvalue weighted by atomic mass is 31.2. The van der Waals surface area contributed by atoms with Crippen molar-refractivity contribution in [1.82, 2.24) is 5.09 Å². The Bertz CT molecular complexity index is 378. The average Bonchev–Trinajstić information content (AvgIpc) is 2.63. The van der Waals surface area contributed by atoms with Gasteiger partial charge in [-0.05, 0) is 38.0 Å². The summed E-state index contributed by atoms with van der Waals surface area (Å²) in [4.78, 5) is 17.3. The Balaban J connectivity index is 3.20. The van der Waals surface area contributed by atoms with Crippen LogP contribution in [0.2, 0.25) is 0 Å². The Morgan fingerprint density at radius 1 is 0.741 bits per heavy atom. The first-order valence-electron chi connectivity index (χ1n) is 11.4. The zero-order valence-corrected chi connectivity index (χ0v) is 18.9. The Kier molecular flexibility index (Phi) is 19.1. The van der Waals surface area contributed by atoms with Crippen LogP contribution in [0.1, 0.15) is 117 Å². The lowest BCUT2D eigenvalue weighted by Crippen LogP contribution is -2.10. The van der Waals surface area contributed by atoms with E-state index in [9.17, 15) is 4.57 Å². The molecular formula is C22H46NO3P. The van der Waals surface area contributed by atoms with Crippen molar-refractivity contribution in [3.05, 3.63) is 12.2 Å². The first-order valence-corrected chi connectivity index (χ1v) is 13.1. The number of allylic oxidation sites excluding steroid dienone is 2. The summed E-state index contributed by atoms with van der Waals surface area (Å²) in [5.41, 5.74) is 0. The molecule has 0 aliphatic carbocycles. The summed E-state index contributed by atoms with van der Waals surface area (Å²) in [6.07, 6.45) is 25.0. The van der Waals surface area contributed by atoms with Gasteiger partial charge in [-0.3, -0.25) is 0 Å². The minimum absolute atomic E-state index is 0.408. The van der Waals surface area contributed by atoms with Crippen molar-refractivity contribution in [1.29, 1.82) is 0 Å². The lowest BCUT2D eigenvalue weighted by Gasteiger charge is -2.11. The van der Waals surface area contributed by atoms with Gasteiger partial charge in [0.15, 0.2) is 0 Å². The van der Waals surface area contributed by atoms with Crippen LogP contribution >= 0.6 is 7.75 Å². The summed E-state index contributed by atoms with van der Waals surface area (Å²) >= 11 is 0. The highest BCUT2D eigenvalue weighted by Gasteiger charge is 2.09. The fourth-order valence-electron chi connectivity index (χ4n) is 3.48. The summed E-state index contributed by atoms with van der Waals surface area (Å²) in [5.74, 6) is 0.956. The van der Waals surface area contributed by atoms with Crippen LogP contribution in [-0.4, -0.2) is 16.3 Å². The van der Waals surface area contributed by atoms with Gasteiger partial charge in [-0.15, -0.1) is 0 Å². The standard InChI is InChI=1S/C22H46NO3P/c1-3-22(4-2)20-18-16-14-12-10-8-6-5-7-9-11-13-15-17-19-21-23-27(24,25)26/h5-6,22H,3-4,7-21H2,1-2H3,(H3,23,24,25,26)/b6-5-. The van der Waals surface area contributed by atoms with Crippen LogP contribution < -0.4 is 5.09 Å². The van der Waals surface area contributed by atoms with Crippen LogP contribution in [0.15, 0.2) is 12.2 Å². The van der Waals surface area contributed by atoms with Crippen molar-refractivity contribution in [2.24, 2.45) is 5.92 Å². The van der Waals surface area contributed by atoms with E-state index in [1.54, 1.807) is 0 Å². The van der Waals surface area contributed by atoms with Gasteiger partial charge in [-0.25, -0.2) is 9.65 Å². The van der Waals surface area contributed by atoms with Crippen LogP contribution in [0.25, 0.3) is 0 Å². The molecule has 0 saturated carbocycles. The van der Waals surface area contributed by atoms with Crippen molar-refractivity contribution < 1.29 is 14.4 Å². The van der Waals surface area contributed by atoms with Crippen LogP contribution in [0, 0.1) is 5.92 Å². The third-order valence-corrected chi connectivity index (χ3v) is 6.06. The molecule has 0 aromatic rings. The largest absolute Gasteiger partial charge is 0.400 e. The smallest absolute Gasteiger partial charge is 0.313 e. The second kappa shape index (κ2) is 19.2. The predicted molar refractivity (Wildman–Crippen MR) is 118 cm³/mol. The highest BCUT2D eigenvalue weighted by molar-refractivity contribution is 7.49. The summed E-state index contributed by atoms with van der Waals surface area (Å²) < 4.78 is 10.6. The third kappa shape index (κ3) is 22.0. The molecule has 0 amide bonds. The van der Waals surface area contributed by atoms with Crippen molar-refractivity contribution in [2.75, 3.05) is 6.54 Å². The predicted octanol–water partition coefficient (Wildman–Crippen LogP) is 7.12. The van der Waals surface area contributed by atoms with Gasteiger partial charge < -0.3 is 9.79 Å². The maximum absolute atomic E-state index is 10.6. The van der Waals surface area contributed by atoms with E-state index < -0.39 is 7.75 Å². The topological polar surface area (TPSA) is 69.6 Å². The van der Waals surface area contributed by atoms with Gasteiger partial charge in [0.05, 0.1) is 0 Å². The summed E-state index contributed by atoms with van der Waals surface area (Å²) in [6.45, 7) is 5.04. The van der Waals surface area contributed by atoms with Gasteiger partial charge >= 0.3 is 7.75 Å². The molecule has 0 fully saturated rings. The third-order valence-electron chi connectivity index (χ3n) is 5.42. The Morgan fingerprint density at radius 2 is 1.19 bits per heavy atom. The van der Waals surface area contributed by atoms with Gasteiger partial charge in [0.1, 0.15) is 0 Å². The zero-order chi connectivity index (χ0) is 20.2. The van der Waals surface area contributed by atoms with Crippen LogP contribution in [-0.2, 0) is 4.57 Å². The van der Waals surface area contributed by atoms with Crippen molar-refractivity contribution in [2.45, 2.75) is 117 Å². The average molecular weight is 404 g/mol. The number of unbranched alkanes of at least 4 members (excludes halogenated alkanes) is 11. The van der Waals surface area contributed by atoms with Crippen LogP contribution in [0.4, 0.5) is 0 Å². The molecule has 162 valence electrons. The molecule has 0 radical (unpaired) electrons.